The molecule has 33 heavy (non-hydrogen) atoms. The summed E-state index contributed by atoms with van der Waals surface area (Å²) in [4.78, 5) is 10.2. The number of nitrogens with zero attached hydrogens (tertiary/aromatic N) is 3. The lowest BCUT2D eigenvalue weighted by Gasteiger charge is -2.37. The molecule has 2 fully saturated rings. The SMILES string of the molecule is COc1ccc(-c2nc(CN3CCCC[C@H]3CCN3CCOCC3)c(C)o2)c2ccccc12. The summed E-state index contributed by atoms with van der Waals surface area (Å²) in [6, 6.07) is 13.0. The van der Waals surface area contributed by atoms with E-state index in [-0.39, 0.29) is 0 Å². The average Bonchev–Trinajstić information content (AvgIpc) is 3.23. The Morgan fingerprint density at radius 3 is 2.67 bits per heavy atom. The monoisotopic (exact) mass is 449 g/mol. The van der Waals surface area contributed by atoms with E-state index in [1.807, 2.05) is 19.1 Å². The number of methoxy groups -OCH3 is 1. The van der Waals surface area contributed by atoms with Crippen molar-refractivity contribution in [2.75, 3.05) is 46.5 Å². The Balaban J connectivity index is 1.33. The van der Waals surface area contributed by atoms with Gasteiger partial charge in [0, 0.05) is 36.6 Å². The van der Waals surface area contributed by atoms with Gasteiger partial charge in [-0.1, -0.05) is 30.7 Å². The van der Waals surface area contributed by atoms with Gasteiger partial charge in [-0.05, 0) is 56.8 Å². The first kappa shape index (κ1) is 22.4. The maximum Gasteiger partial charge on any atom is 0.227 e. The number of hydrogen-bond donors (Lipinski definition) is 0. The van der Waals surface area contributed by atoms with Crippen LogP contribution in [-0.2, 0) is 11.3 Å². The molecule has 1 atom stereocenters. The van der Waals surface area contributed by atoms with Crippen molar-refractivity contribution in [2.24, 2.45) is 0 Å². The number of benzene rings is 2. The number of fused-ring (bicyclic) bond motifs is 1. The van der Waals surface area contributed by atoms with E-state index in [0.29, 0.717) is 11.9 Å². The minimum absolute atomic E-state index is 0.614. The van der Waals surface area contributed by atoms with Crippen molar-refractivity contribution in [2.45, 2.75) is 45.2 Å². The quantitative estimate of drug-likeness (QED) is 0.512. The highest BCUT2D eigenvalue weighted by atomic mass is 16.5. The van der Waals surface area contributed by atoms with E-state index in [0.717, 1.165) is 79.5 Å². The Bertz CT molecular complexity index is 1070. The van der Waals surface area contributed by atoms with Crippen molar-refractivity contribution in [1.82, 2.24) is 14.8 Å². The van der Waals surface area contributed by atoms with Crippen LogP contribution in [0, 0.1) is 6.92 Å². The van der Waals surface area contributed by atoms with Gasteiger partial charge in [-0.15, -0.1) is 0 Å². The molecule has 2 aliphatic rings. The zero-order valence-corrected chi connectivity index (χ0v) is 19.9. The third kappa shape index (κ3) is 4.93. The summed E-state index contributed by atoms with van der Waals surface area (Å²) in [5.74, 6) is 2.49. The van der Waals surface area contributed by atoms with Crippen LogP contribution in [0.3, 0.4) is 0 Å². The third-order valence-corrected chi connectivity index (χ3v) is 7.21. The van der Waals surface area contributed by atoms with Gasteiger partial charge in [-0.25, -0.2) is 4.98 Å². The number of piperidine rings is 1. The zero-order chi connectivity index (χ0) is 22.6. The van der Waals surface area contributed by atoms with Gasteiger partial charge >= 0.3 is 0 Å². The number of oxazole rings is 1. The molecule has 3 aromatic rings. The summed E-state index contributed by atoms with van der Waals surface area (Å²) in [5, 5.41) is 2.18. The molecule has 0 aliphatic carbocycles. The first-order valence-corrected chi connectivity index (χ1v) is 12.3. The number of morpholine rings is 1. The number of aromatic nitrogens is 1. The van der Waals surface area contributed by atoms with Crippen LogP contribution in [0.5, 0.6) is 5.75 Å². The lowest BCUT2D eigenvalue weighted by molar-refractivity contribution is 0.0301. The van der Waals surface area contributed by atoms with Crippen molar-refractivity contribution >= 4 is 10.8 Å². The molecule has 0 saturated carbocycles. The van der Waals surface area contributed by atoms with Gasteiger partial charge in [0.05, 0.1) is 26.0 Å². The zero-order valence-electron chi connectivity index (χ0n) is 19.9. The number of hydrogen-bond acceptors (Lipinski definition) is 6. The van der Waals surface area contributed by atoms with Crippen LogP contribution in [0.1, 0.15) is 37.1 Å². The minimum atomic E-state index is 0.614. The Morgan fingerprint density at radius 1 is 1.03 bits per heavy atom. The van der Waals surface area contributed by atoms with Gasteiger partial charge in [0.15, 0.2) is 0 Å². The fourth-order valence-electron chi connectivity index (χ4n) is 5.27. The van der Waals surface area contributed by atoms with Gasteiger partial charge in [-0.2, -0.15) is 0 Å². The van der Waals surface area contributed by atoms with E-state index in [1.165, 1.54) is 25.7 Å². The second-order valence-electron chi connectivity index (χ2n) is 9.25. The molecule has 2 aliphatic heterocycles. The maximum absolute atomic E-state index is 6.21. The van der Waals surface area contributed by atoms with Gasteiger partial charge < -0.3 is 13.9 Å². The molecule has 6 heteroatoms. The third-order valence-electron chi connectivity index (χ3n) is 7.21. The average molecular weight is 450 g/mol. The summed E-state index contributed by atoms with van der Waals surface area (Å²) in [6.07, 6.45) is 5.08. The Hall–Kier alpha value is -2.41. The molecule has 0 radical (unpaired) electrons. The van der Waals surface area contributed by atoms with Crippen LogP contribution >= 0.6 is 0 Å². The van der Waals surface area contributed by atoms with Gasteiger partial charge in [-0.3, -0.25) is 9.80 Å². The van der Waals surface area contributed by atoms with Crippen molar-refractivity contribution in [1.29, 1.82) is 0 Å². The standard InChI is InChI=1S/C27H35N3O3/c1-20-25(19-30-13-6-5-7-21(30)12-14-29-15-17-32-18-16-29)28-27(33-20)24-10-11-26(31-2)23-9-4-3-8-22(23)24/h3-4,8-11,21H,5-7,12-19H2,1-2H3/t21-/m0/s1. The summed E-state index contributed by atoms with van der Waals surface area (Å²) < 4.78 is 17.3. The molecule has 2 saturated heterocycles. The lowest BCUT2D eigenvalue weighted by atomic mass is 9.98. The summed E-state index contributed by atoms with van der Waals surface area (Å²) in [7, 11) is 1.71. The van der Waals surface area contributed by atoms with Crippen LogP contribution in [0.25, 0.3) is 22.2 Å². The topological polar surface area (TPSA) is 51.0 Å². The molecule has 0 bridgehead atoms. The molecule has 3 heterocycles. The molecule has 1 aromatic heterocycles. The van der Waals surface area contributed by atoms with E-state index in [4.69, 9.17) is 18.9 Å². The Morgan fingerprint density at radius 2 is 1.85 bits per heavy atom. The predicted octanol–water partition coefficient (Wildman–Crippen LogP) is 4.89. The van der Waals surface area contributed by atoms with E-state index in [9.17, 15) is 0 Å². The normalized spacial score (nSPS) is 20.4. The molecule has 5 rings (SSSR count). The molecule has 6 nitrogen and oxygen atoms in total. The van der Waals surface area contributed by atoms with Crippen LogP contribution in [0.15, 0.2) is 40.8 Å². The van der Waals surface area contributed by atoms with Gasteiger partial charge in [0.25, 0.3) is 0 Å². The fraction of sp³-hybridized carbons (Fsp3) is 0.519. The largest absolute Gasteiger partial charge is 0.496 e. The van der Waals surface area contributed by atoms with Crippen molar-refractivity contribution in [3.63, 3.8) is 0 Å². The summed E-state index contributed by atoms with van der Waals surface area (Å²) in [6.45, 7) is 9.07. The van der Waals surface area contributed by atoms with Crippen molar-refractivity contribution < 1.29 is 13.9 Å². The van der Waals surface area contributed by atoms with E-state index in [1.54, 1.807) is 7.11 Å². The second kappa shape index (κ2) is 10.2. The molecular formula is C27H35N3O3. The van der Waals surface area contributed by atoms with Crippen LogP contribution in [0.2, 0.25) is 0 Å². The Kier molecular flexibility index (Phi) is 6.95. The number of likely N-dealkylation sites (tertiary alicyclic amines) is 1. The van der Waals surface area contributed by atoms with E-state index in [2.05, 4.69) is 34.1 Å². The first-order valence-electron chi connectivity index (χ1n) is 12.3. The maximum atomic E-state index is 6.21. The number of ether oxygens (including phenoxy) is 2. The molecule has 0 unspecified atom stereocenters. The Labute approximate surface area is 196 Å². The second-order valence-corrected chi connectivity index (χ2v) is 9.25. The summed E-state index contributed by atoms with van der Waals surface area (Å²) >= 11 is 0. The van der Waals surface area contributed by atoms with Crippen LogP contribution < -0.4 is 4.74 Å². The highest BCUT2D eigenvalue weighted by Gasteiger charge is 2.26. The molecular weight excluding hydrogens is 414 g/mol. The minimum Gasteiger partial charge on any atom is -0.496 e. The van der Waals surface area contributed by atoms with Gasteiger partial charge in [0.2, 0.25) is 5.89 Å². The highest BCUT2D eigenvalue weighted by molar-refractivity contribution is 5.98. The van der Waals surface area contributed by atoms with Gasteiger partial charge in [0.1, 0.15) is 11.5 Å². The van der Waals surface area contributed by atoms with Crippen molar-refractivity contribution in [3.8, 4) is 17.2 Å². The van der Waals surface area contributed by atoms with Crippen LogP contribution in [-0.4, -0.2) is 67.3 Å². The predicted molar refractivity (Wildman–Crippen MR) is 131 cm³/mol. The summed E-state index contributed by atoms with van der Waals surface area (Å²) in [5.41, 5.74) is 2.08. The molecule has 176 valence electrons. The lowest BCUT2D eigenvalue weighted by Crippen LogP contribution is -2.43. The van der Waals surface area contributed by atoms with E-state index >= 15 is 0 Å². The highest BCUT2D eigenvalue weighted by Crippen LogP contribution is 2.35. The molecule has 2 aromatic carbocycles. The molecule has 0 N–H and O–H groups in total. The smallest absolute Gasteiger partial charge is 0.227 e. The number of rotatable bonds is 7. The van der Waals surface area contributed by atoms with Crippen molar-refractivity contribution in [3.05, 3.63) is 47.9 Å². The first-order chi connectivity index (χ1) is 16.2. The molecule has 0 amide bonds. The fourth-order valence-corrected chi connectivity index (χ4v) is 5.27. The molecule has 0 spiro atoms. The van der Waals surface area contributed by atoms with E-state index < -0.39 is 0 Å². The van der Waals surface area contributed by atoms with Crippen LogP contribution in [0.4, 0.5) is 0 Å². The number of aryl methyl sites for hydroxylation is 1.